The minimum Gasteiger partial charge on any atom is -0.368 e. The maximum absolute atomic E-state index is 13.4. The van der Waals surface area contributed by atoms with Crippen molar-refractivity contribution in [1.82, 2.24) is 4.90 Å². The molecule has 1 heterocycles. The standard InChI is InChI=1S/C26H27N3O2/c1-20(30)21-12-14-23(15-13-21)28-16-18-29(19-17-28)26(31)24-10-6-7-11-25(24)27(2)22-8-4-3-5-9-22/h3-15H,16-19H2,1-2H3. The predicted octanol–water partition coefficient (Wildman–Crippen LogP) is 4.62. The average Bonchev–Trinajstić information content (AvgIpc) is 2.84. The first-order valence-corrected chi connectivity index (χ1v) is 10.6. The van der Waals surface area contributed by atoms with E-state index in [-0.39, 0.29) is 11.7 Å². The summed E-state index contributed by atoms with van der Waals surface area (Å²) in [6.07, 6.45) is 0. The number of nitrogens with zero attached hydrogens (tertiary/aromatic N) is 3. The molecule has 0 spiro atoms. The molecule has 0 unspecified atom stereocenters. The van der Waals surface area contributed by atoms with Crippen LogP contribution in [0.3, 0.4) is 0 Å². The van der Waals surface area contributed by atoms with Crippen LogP contribution in [-0.4, -0.2) is 49.8 Å². The molecule has 31 heavy (non-hydrogen) atoms. The molecule has 0 aliphatic carbocycles. The fraction of sp³-hybridized carbons (Fsp3) is 0.231. The van der Waals surface area contributed by atoms with Crippen LogP contribution in [0.15, 0.2) is 78.9 Å². The summed E-state index contributed by atoms with van der Waals surface area (Å²) >= 11 is 0. The maximum atomic E-state index is 13.4. The first-order valence-electron chi connectivity index (χ1n) is 10.6. The van der Waals surface area contributed by atoms with E-state index in [1.54, 1.807) is 6.92 Å². The highest BCUT2D eigenvalue weighted by Gasteiger charge is 2.25. The first-order chi connectivity index (χ1) is 15.0. The molecule has 0 radical (unpaired) electrons. The lowest BCUT2D eigenvalue weighted by molar-refractivity contribution is 0.0747. The van der Waals surface area contributed by atoms with Gasteiger partial charge < -0.3 is 14.7 Å². The second kappa shape index (κ2) is 9.04. The van der Waals surface area contributed by atoms with E-state index in [1.807, 2.05) is 90.8 Å². The van der Waals surface area contributed by atoms with Crippen LogP contribution in [0.5, 0.6) is 0 Å². The van der Waals surface area contributed by atoms with E-state index in [4.69, 9.17) is 0 Å². The molecule has 1 aliphatic heterocycles. The van der Waals surface area contributed by atoms with E-state index >= 15 is 0 Å². The first kappa shape index (κ1) is 20.7. The molecule has 1 fully saturated rings. The highest BCUT2D eigenvalue weighted by Crippen LogP contribution is 2.28. The van der Waals surface area contributed by atoms with Crippen LogP contribution < -0.4 is 9.80 Å². The predicted molar refractivity (Wildman–Crippen MR) is 126 cm³/mol. The van der Waals surface area contributed by atoms with Crippen molar-refractivity contribution in [2.45, 2.75) is 6.92 Å². The summed E-state index contributed by atoms with van der Waals surface area (Å²) in [6.45, 7) is 4.43. The van der Waals surface area contributed by atoms with E-state index in [1.165, 1.54) is 0 Å². The van der Waals surface area contributed by atoms with Crippen molar-refractivity contribution in [2.75, 3.05) is 43.0 Å². The largest absolute Gasteiger partial charge is 0.368 e. The van der Waals surface area contributed by atoms with Crippen molar-refractivity contribution in [3.63, 3.8) is 0 Å². The van der Waals surface area contributed by atoms with E-state index in [9.17, 15) is 9.59 Å². The summed E-state index contributed by atoms with van der Waals surface area (Å²) < 4.78 is 0. The van der Waals surface area contributed by atoms with Crippen LogP contribution in [-0.2, 0) is 0 Å². The van der Waals surface area contributed by atoms with Gasteiger partial charge in [-0.05, 0) is 55.5 Å². The Morgan fingerprint density at radius 3 is 2.03 bits per heavy atom. The molecule has 5 nitrogen and oxygen atoms in total. The molecule has 1 amide bonds. The Morgan fingerprint density at radius 2 is 1.39 bits per heavy atom. The highest BCUT2D eigenvalue weighted by molar-refractivity contribution is 6.00. The molecular weight excluding hydrogens is 386 g/mol. The van der Waals surface area contributed by atoms with Gasteiger partial charge in [0.25, 0.3) is 5.91 Å². The monoisotopic (exact) mass is 413 g/mol. The number of anilines is 3. The molecule has 0 bridgehead atoms. The fourth-order valence-electron chi connectivity index (χ4n) is 3.98. The van der Waals surface area contributed by atoms with Crippen molar-refractivity contribution >= 4 is 28.8 Å². The molecule has 5 heteroatoms. The maximum Gasteiger partial charge on any atom is 0.256 e. The number of amides is 1. The van der Waals surface area contributed by atoms with Crippen LogP contribution in [0.4, 0.5) is 17.1 Å². The molecule has 0 saturated carbocycles. The highest BCUT2D eigenvalue weighted by atomic mass is 16.2. The van der Waals surface area contributed by atoms with E-state index in [2.05, 4.69) is 9.80 Å². The van der Waals surface area contributed by atoms with Gasteiger partial charge in [0.15, 0.2) is 5.78 Å². The van der Waals surface area contributed by atoms with Crippen LogP contribution in [0.2, 0.25) is 0 Å². The number of para-hydroxylation sites is 2. The molecule has 0 N–H and O–H groups in total. The van der Waals surface area contributed by atoms with E-state index in [0.29, 0.717) is 18.7 Å². The van der Waals surface area contributed by atoms with Crippen molar-refractivity contribution in [3.05, 3.63) is 90.0 Å². The quantitative estimate of drug-likeness (QED) is 0.573. The minimum atomic E-state index is 0.0601. The molecule has 4 rings (SSSR count). The lowest BCUT2D eigenvalue weighted by Gasteiger charge is -2.36. The van der Waals surface area contributed by atoms with Gasteiger partial charge in [-0.25, -0.2) is 0 Å². The topological polar surface area (TPSA) is 43.9 Å². The smallest absolute Gasteiger partial charge is 0.256 e. The average molecular weight is 414 g/mol. The van der Waals surface area contributed by atoms with Crippen LogP contribution >= 0.6 is 0 Å². The third kappa shape index (κ3) is 4.45. The molecule has 158 valence electrons. The lowest BCUT2D eigenvalue weighted by atomic mass is 10.1. The van der Waals surface area contributed by atoms with E-state index in [0.717, 1.165) is 35.7 Å². The van der Waals surface area contributed by atoms with Crippen molar-refractivity contribution in [1.29, 1.82) is 0 Å². The van der Waals surface area contributed by atoms with Gasteiger partial charge in [0.05, 0.1) is 11.3 Å². The fourth-order valence-corrected chi connectivity index (χ4v) is 3.98. The van der Waals surface area contributed by atoms with Gasteiger partial charge in [-0.3, -0.25) is 9.59 Å². The Bertz CT molecular complexity index is 1060. The third-order valence-electron chi connectivity index (χ3n) is 5.85. The van der Waals surface area contributed by atoms with Gasteiger partial charge in [0.2, 0.25) is 0 Å². The number of piperazine rings is 1. The lowest BCUT2D eigenvalue weighted by Crippen LogP contribution is -2.49. The molecular formula is C26H27N3O2. The van der Waals surface area contributed by atoms with Crippen molar-refractivity contribution in [3.8, 4) is 0 Å². The molecule has 3 aromatic rings. The Hall–Kier alpha value is -3.60. The summed E-state index contributed by atoms with van der Waals surface area (Å²) in [5, 5.41) is 0. The second-order valence-electron chi connectivity index (χ2n) is 7.79. The Labute approximate surface area is 183 Å². The number of hydrogen-bond acceptors (Lipinski definition) is 4. The summed E-state index contributed by atoms with van der Waals surface area (Å²) in [5.74, 6) is 0.131. The second-order valence-corrected chi connectivity index (χ2v) is 7.79. The number of carbonyl (C=O) groups is 2. The normalized spacial score (nSPS) is 13.7. The van der Waals surface area contributed by atoms with Crippen LogP contribution in [0.25, 0.3) is 0 Å². The van der Waals surface area contributed by atoms with Crippen LogP contribution in [0.1, 0.15) is 27.6 Å². The van der Waals surface area contributed by atoms with Gasteiger partial charge >= 0.3 is 0 Å². The van der Waals surface area contributed by atoms with Crippen molar-refractivity contribution < 1.29 is 9.59 Å². The molecule has 0 atom stereocenters. The molecule has 1 saturated heterocycles. The Morgan fingerprint density at radius 1 is 0.774 bits per heavy atom. The SMILES string of the molecule is CC(=O)c1ccc(N2CCN(C(=O)c3ccccc3N(C)c3ccccc3)CC2)cc1. The minimum absolute atomic E-state index is 0.0601. The molecule has 1 aliphatic rings. The zero-order valence-electron chi connectivity index (χ0n) is 18.0. The Kier molecular flexibility index (Phi) is 6.03. The van der Waals surface area contributed by atoms with Gasteiger partial charge in [-0.15, -0.1) is 0 Å². The van der Waals surface area contributed by atoms with Crippen LogP contribution in [0, 0.1) is 0 Å². The number of rotatable bonds is 5. The summed E-state index contributed by atoms with van der Waals surface area (Å²) in [7, 11) is 1.99. The van der Waals surface area contributed by atoms with Gasteiger partial charge in [0, 0.05) is 50.2 Å². The zero-order valence-corrected chi connectivity index (χ0v) is 18.0. The number of hydrogen-bond donors (Lipinski definition) is 0. The van der Waals surface area contributed by atoms with Gasteiger partial charge in [-0.2, -0.15) is 0 Å². The number of ketones is 1. The molecule has 0 aromatic heterocycles. The zero-order chi connectivity index (χ0) is 21.8. The van der Waals surface area contributed by atoms with Crippen molar-refractivity contribution in [2.24, 2.45) is 0 Å². The summed E-state index contributed by atoms with van der Waals surface area (Å²) in [4.78, 5) is 31.1. The summed E-state index contributed by atoms with van der Waals surface area (Å²) in [6, 6.07) is 25.5. The molecule has 3 aromatic carbocycles. The third-order valence-corrected chi connectivity index (χ3v) is 5.85. The Balaban J connectivity index is 1.46. The summed E-state index contributed by atoms with van der Waals surface area (Å²) in [5.41, 5.74) is 4.47. The number of benzene rings is 3. The van der Waals surface area contributed by atoms with Gasteiger partial charge in [0.1, 0.15) is 0 Å². The number of carbonyl (C=O) groups excluding carboxylic acids is 2. The van der Waals surface area contributed by atoms with E-state index < -0.39 is 0 Å². The number of Topliss-reactive ketones (excluding diaryl/α,β-unsaturated/α-hetero) is 1. The van der Waals surface area contributed by atoms with Gasteiger partial charge in [-0.1, -0.05) is 30.3 Å².